The fourth-order valence-electron chi connectivity index (χ4n) is 2.31. The zero-order valence-electron chi connectivity index (χ0n) is 14.4. The van der Waals surface area contributed by atoms with E-state index in [1.54, 1.807) is 19.1 Å². The molecule has 25 heavy (non-hydrogen) atoms. The van der Waals surface area contributed by atoms with Gasteiger partial charge in [0.1, 0.15) is 5.75 Å². The Hall–Kier alpha value is -3.15. The van der Waals surface area contributed by atoms with E-state index >= 15 is 0 Å². The molecule has 0 saturated carbocycles. The lowest BCUT2D eigenvalue weighted by Gasteiger charge is -2.10. The average molecular weight is 337 g/mol. The summed E-state index contributed by atoms with van der Waals surface area (Å²) < 4.78 is 10.9. The Kier molecular flexibility index (Phi) is 4.79. The number of carbonyl (C=O) groups is 1. The van der Waals surface area contributed by atoms with Gasteiger partial charge in [-0.25, -0.2) is 0 Å². The van der Waals surface area contributed by atoms with Crippen molar-refractivity contribution in [2.24, 2.45) is 0 Å². The second-order valence-corrected chi connectivity index (χ2v) is 5.81. The van der Waals surface area contributed by atoms with Gasteiger partial charge in [-0.2, -0.15) is 0 Å². The Bertz CT molecular complexity index is 885. The van der Waals surface area contributed by atoms with Crippen LogP contribution < -0.4 is 10.1 Å². The van der Waals surface area contributed by atoms with Gasteiger partial charge in [0, 0.05) is 18.2 Å². The van der Waals surface area contributed by atoms with Gasteiger partial charge in [-0.3, -0.25) is 4.79 Å². The van der Waals surface area contributed by atoms with Crippen LogP contribution in [0.1, 0.15) is 17.0 Å². The van der Waals surface area contributed by atoms with Crippen molar-refractivity contribution >= 4 is 11.6 Å². The predicted molar refractivity (Wildman–Crippen MR) is 94.5 cm³/mol. The van der Waals surface area contributed by atoms with Gasteiger partial charge in [-0.15, -0.1) is 10.2 Å². The first kappa shape index (κ1) is 16.7. The van der Waals surface area contributed by atoms with Crippen molar-refractivity contribution in [3.63, 3.8) is 0 Å². The predicted octanol–water partition coefficient (Wildman–Crippen LogP) is 3.68. The first-order chi connectivity index (χ1) is 12.0. The molecule has 0 spiro atoms. The third-order valence-electron chi connectivity index (χ3n) is 3.66. The van der Waals surface area contributed by atoms with Crippen molar-refractivity contribution in [3.8, 4) is 17.2 Å². The van der Waals surface area contributed by atoms with E-state index in [2.05, 4.69) is 15.5 Å². The molecule has 0 aliphatic heterocycles. The average Bonchev–Trinajstić information content (AvgIpc) is 3.03. The maximum Gasteiger partial charge on any atom is 0.262 e. The summed E-state index contributed by atoms with van der Waals surface area (Å²) in [6.45, 7) is 5.61. The van der Waals surface area contributed by atoms with E-state index < -0.39 is 0 Å². The zero-order chi connectivity index (χ0) is 17.8. The van der Waals surface area contributed by atoms with Gasteiger partial charge in [-0.05, 0) is 55.3 Å². The van der Waals surface area contributed by atoms with Crippen LogP contribution in [-0.2, 0) is 4.79 Å². The van der Waals surface area contributed by atoms with Gasteiger partial charge < -0.3 is 14.5 Å². The SMILES string of the molecule is Cc1ccc(C)c(NC(=O)COc2ccc(-c3nnc(C)o3)cc2)c1. The van der Waals surface area contributed by atoms with Crippen LogP contribution in [0.4, 0.5) is 5.69 Å². The first-order valence-corrected chi connectivity index (χ1v) is 7.92. The van der Waals surface area contributed by atoms with Gasteiger partial charge in [0.2, 0.25) is 11.8 Å². The molecule has 0 aliphatic rings. The van der Waals surface area contributed by atoms with Crippen LogP contribution in [0.15, 0.2) is 46.9 Å². The summed E-state index contributed by atoms with van der Waals surface area (Å²) in [5.74, 6) is 1.36. The standard InChI is InChI=1S/C19H19N3O3/c1-12-4-5-13(2)17(10-12)20-18(23)11-24-16-8-6-15(7-9-16)19-22-21-14(3)25-19/h4-10H,11H2,1-3H3,(H,20,23). The lowest BCUT2D eigenvalue weighted by Crippen LogP contribution is -2.20. The van der Waals surface area contributed by atoms with Crippen LogP contribution in [0.25, 0.3) is 11.5 Å². The largest absolute Gasteiger partial charge is 0.484 e. The van der Waals surface area contributed by atoms with E-state index in [4.69, 9.17) is 9.15 Å². The molecule has 1 N–H and O–H groups in total. The third-order valence-corrected chi connectivity index (χ3v) is 3.66. The lowest BCUT2D eigenvalue weighted by atomic mass is 10.1. The van der Waals surface area contributed by atoms with E-state index in [0.29, 0.717) is 17.5 Å². The highest BCUT2D eigenvalue weighted by atomic mass is 16.5. The van der Waals surface area contributed by atoms with Gasteiger partial charge in [0.15, 0.2) is 6.61 Å². The maximum atomic E-state index is 12.1. The summed E-state index contributed by atoms with van der Waals surface area (Å²) in [6.07, 6.45) is 0. The maximum absolute atomic E-state index is 12.1. The van der Waals surface area contributed by atoms with Gasteiger partial charge >= 0.3 is 0 Å². The number of nitrogens with zero attached hydrogens (tertiary/aromatic N) is 2. The molecule has 2 aromatic carbocycles. The molecule has 0 radical (unpaired) electrons. The van der Waals surface area contributed by atoms with E-state index in [0.717, 1.165) is 22.4 Å². The number of nitrogens with one attached hydrogen (secondary N) is 1. The monoisotopic (exact) mass is 337 g/mol. The lowest BCUT2D eigenvalue weighted by molar-refractivity contribution is -0.118. The highest BCUT2D eigenvalue weighted by Crippen LogP contribution is 2.21. The summed E-state index contributed by atoms with van der Waals surface area (Å²) in [4.78, 5) is 12.1. The molecule has 0 aliphatic carbocycles. The van der Waals surface area contributed by atoms with Crippen molar-refractivity contribution in [1.29, 1.82) is 0 Å². The van der Waals surface area contributed by atoms with Gasteiger partial charge in [0.25, 0.3) is 5.91 Å². The molecule has 1 aromatic heterocycles. The Labute approximate surface area is 145 Å². The quantitative estimate of drug-likeness (QED) is 0.768. The van der Waals surface area contributed by atoms with Crippen LogP contribution in [-0.4, -0.2) is 22.7 Å². The highest BCUT2D eigenvalue weighted by Gasteiger charge is 2.08. The molecule has 0 bridgehead atoms. The number of aromatic nitrogens is 2. The third kappa shape index (κ3) is 4.23. The van der Waals surface area contributed by atoms with Crippen LogP contribution in [0, 0.1) is 20.8 Å². The molecule has 0 fully saturated rings. The summed E-state index contributed by atoms with van der Waals surface area (Å²) >= 11 is 0. The molecule has 0 saturated heterocycles. The highest BCUT2D eigenvalue weighted by molar-refractivity contribution is 5.92. The van der Waals surface area contributed by atoms with E-state index in [9.17, 15) is 4.79 Å². The normalized spacial score (nSPS) is 10.5. The zero-order valence-corrected chi connectivity index (χ0v) is 14.4. The van der Waals surface area contributed by atoms with Crippen molar-refractivity contribution in [1.82, 2.24) is 10.2 Å². The summed E-state index contributed by atoms with van der Waals surface area (Å²) in [6, 6.07) is 13.1. The van der Waals surface area contributed by atoms with Crippen molar-refractivity contribution < 1.29 is 13.9 Å². The van der Waals surface area contributed by atoms with Crippen molar-refractivity contribution in [2.45, 2.75) is 20.8 Å². The molecule has 0 atom stereocenters. The number of carbonyl (C=O) groups excluding carboxylic acids is 1. The van der Waals surface area contributed by atoms with Crippen molar-refractivity contribution in [3.05, 3.63) is 59.5 Å². The molecule has 3 aromatic rings. The molecule has 128 valence electrons. The number of rotatable bonds is 5. The number of amides is 1. The number of ether oxygens (including phenoxy) is 1. The van der Waals surface area contributed by atoms with Crippen LogP contribution in [0.5, 0.6) is 5.75 Å². The molecule has 6 nitrogen and oxygen atoms in total. The number of aryl methyl sites for hydroxylation is 3. The van der Waals surface area contributed by atoms with Gasteiger partial charge in [0.05, 0.1) is 0 Å². The van der Waals surface area contributed by atoms with Crippen molar-refractivity contribution in [2.75, 3.05) is 11.9 Å². The Morgan fingerprint density at radius 2 is 1.84 bits per heavy atom. The Morgan fingerprint density at radius 3 is 2.52 bits per heavy atom. The number of hydrogen-bond donors (Lipinski definition) is 1. The minimum absolute atomic E-state index is 0.0631. The number of anilines is 1. The Balaban J connectivity index is 1.58. The minimum Gasteiger partial charge on any atom is -0.484 e. The molecule has 1 heterocycles. The van der Waals surface area contributed by atoms with E-state index in [1.165, 1.54) is 0 Å². The molecular weight excluding hydrogens is 318 g/mol. The fourth-order valence-corrected chi connectivity index (χ4v) is 2.31. The molecule has 3 rings (SSSR count). The van der Waals surface area contributed by atoms with Crippen LogP contribution >= 0.6 is 0 Å². The van der Waals surface area contributed by atoms with E-state index in [1.807, 2.05) is 44.2 Å². The topological polar surface area (TPSA) is 77.2 Å². The summed E-state index contributed by atoms with van der Waals surface area (Å²) in [5, 5.41) is 10.6. The minimum atomic E-state index is -0.203. The second-order valence-electron chi connectivity index (χ2n) is 5.81. The first-order valence-electron chi connectivity index (χ1n) is 7.92. The fraction of sp³-hybridized carbons (Fsp3) is 0.211. The second kappa shape index (κ2) is 7.17. The van der Waals surface area contributed by atoms with E-state index in [-0.39, 0.29) is 12.5 Å². The molecular formula is C19H19N3O3. The number of benzene rings is 2. The summed E-state index contributed by atoms with van der Waals surface area (Å²) in [5.41, 5.74) is 3.70. The smallest absolute Gasteiger partial charge is 0.262 e. The van der Waals surface area contributed by atoms with Crippen LogP contribution in [0.3, 0.4) is 0 Å². The van der Waals surface area contributed by atoms with Crippen LogP contribution in [0.2, 0.25) is 0 Å². The van der Waals surface area contributed by atoms with Gasteiger partial charge in [-0.1, -0.05) is 12.1 Å². The Morgan fingerprint density at radius 1 is 1.08 bits per heavy atom. The molecule has 0 unspecified atom stereocenters. The summed E-state index contributed by atoms with van der Waals surface area (Å²) in [7, 11) is 0. The molecule has 6 heteroatoms. The molecule has 1 amide bonds. The number of hydrogen-bond acceptors (Lipinski definition) is 5.